The van der Waals surface area contributed by atoms with Crippen molar-refractivity contribution in [2.45, 2.75) is 18.3 Å². The molecule has 3 heteroatoms. The molecule has 0 spiro atoms. The van der Waals surface area contributed by atoms with Crippen molar-refractivity contribution in [1.82, 2.24) is 0 Å². The van der Waals surface area contributed by atoms with Gasteiger partial charge < -0.3 is 5.73 Å². The van der Waals surface area contributed by atoms with Crippen molar-refractivity contribution in [3.63, 3.8) is 0 Å². The van der Waals surface area contributed by atoms with E-state index in [0.29, 0.717) is 5.41 Å². The van der Waals surface area contributed by atoms with Gasteiger partial charge in [-0.05, 0) is 42.8 Å². The van der Waals surface area contributed by atoms with Crippen molar-refractivity contribution >= 4 is 23.4 Å². The third kappa shape index (κ3) is 2.32. The largest absolute Gasteiger partial charge is 0.330 e. The summed E-state index contributed by atoms with van der Waals surface area (Å²) >= 11 is 7.94. The zero-order valence-corrected chi connectivity index (χ0v) is 10.3. The summed E-state index contributed by atoms with van der Waals surface area (Å²) in [7, 11) is 0. The predicted octanol–water partition coefficient (Wildman–Crippen LogP) is 3.06. The summed E-state index contributed by atoms with van der Waals surface area (Å²) in [6.07, 6.45) is 2.33. The van der Waals surface area contributed by atoms with Gasteiger partial charge in [0, 0.05) is 16.2 Å². The minimum Gasteiger partial charge on any atom is -0.330 e. The second-order valence-electron chi connectivity index (χ2n) is 4.13. The summed E-state index contributed by atoms with van der Waals surface area (Å²) in [6, 6.07) is 8.28. The van der Waals surface area contributed by atoms with Gasteiger partial charge in [0.05, 0.1) is 0 Å². The smallest absolute Gasteiger partial charge is 0.0406 e. The summed E-state index contributed by atoms with van der Waals surface area (Å²) in [5, 5.41) is 0.812. The van der Waals surface area contributed by atoms with E-state index >= 15 is 0 Å². The molecule has 0 aromatic heterocycles. The molecule has 0 amide bonds. The summed E-state index contributed by atoms with van der Waals surface area (Å²) in [4.78, 5) is 0. The molecule has 1 atom stereocenters. The third-order valence-electron chi connectivity index (χ3n) is 3.18. The van der Waals surface area contributed by atoms with Gasteiger partial charge in [0.1, 0.15) is 0 Å². The lowest BCUT2D eigenvalue weighted by Gasteiger charge is -2.28. The van der Waals surface area contributed by atoms with Crippen LogP contribution in [0.5, 0.6) is 0 Å². The van der Waals surface area contributed by atoms with Crippen LogP contribution in [0.25, 0.3) is 0 Å². The first-order valence-corrected chi connectivity index (χ1v) is 6.84. The number of halogens is 1. The normalized spacial score (nSPS) is 25.7. The molecule has 2 N–H and O–H groups in total. The lowest BCUT2D eigenvalue weighted by molar-refractivity contribution is 0.452. The van der Waals surface area contributed by atoms with Crippen LogP contribution in [-0.4, -0.2) is 18.1 Å². The van der Waals surface area contributed by atoms with Crippen LogP contribution in [0.2, 0.25) is 5.02 Å². The Balaban J connectivity index is 2.28. The Kier molecular flexibility index (Phi) is 3.60. The molecule has 0 bridgehead atoms. The molecule has 0 saturated carbocycles. The van der Waals surface area contributed by atoms with E-state index in [-0.39, 0.29) is 0 Å². The molecule has 0 radical (unpaired) electrons. The molecule has 1 aromatic carbocycles. The number of thioether (sulfide) groups is 1. The number of nitrogens with two attached hydrogens (primary N) is 1. The highest BCUT2D eigenvalue weighted by Gasteiger charge is 2.35. The van der Waals surface area contributed by atoms with Crippen molar-refractivity contribution < 1.29 is 0 Å². The number of hydrogen-bond donors (Lipinski definition) is 1. The molecule has 1 aromatic rings. The molecule has 1 aliphatic rings. The van der Waals surface area contributed by atoms with Crippen LogP contribution < -0.4 is 5.73 Å². The number of hydrogen-bond acceptors (Lipinski definition) is 2. The highest BCUT2D eigenvalue weighted by molar-refractivity contribution is 7.99. The van der Waals surface area contributed by atoms with Gasteiger partial charge >= 0.3 is 0 Å². The molecule has 1 aliphatic heterocycles. The lowest BCUT2D eigenvalue weighted by atomic mass is 9.77. The summed E-state index contributed by atoms with van der Waals surface area (Å²) in [5.41, 5.74) is 7.44. The fourth-order valence-electron chi connectivity index (χ4n) is 2.26. The average molecular weight is 242 g/mol. The van der Waals surface area contributed by atoms with E-state index in [9.17, 15) is 0 Å². The Morgan fingerprint density at radius 2 is 2.07 bits per heavy atom. The van der Waals surface area contributed by atoms with Crippen LogP contribution in [-0.2, 0) is 5.41 Å². The van der Waals surface area contributed by atoms with E-state index in [1.54, 1.807) is 0 Å². The van der Waals surface area contributed by atoms with E-state index in [1.165, 1.54) is 23.5 Å². The van der Waals surface area contributed by atoms with E-state index in [0.717, 1.165) is 18.0 Å². The van der Waals surface area contributed by atoms with Crippen LogP contribution in [0.3, 0.4) is 0 Å². The second kappa shape index (κ2) is 4.77. The maximum absolute atomic E-state index is 5.91. The summed E-state index contributed by atoms with van der Waals surface area (Å²) in [6.45, 7) is 0.767. The minimum absolute atomic E-state index is 0.310. The Hall–Kier alpha value is -0.180. The molecule has 0 aliphatic carbocycles. The SMILES string of the molecule is NCCC1(c2ccc(Cl)cc2)CCSC1. The van der Waals surface area contributed by atoms with Crippen LogP contribution in [0.1, 0.15) is 18.4 Å². The zero-order valence-electron chi connectivity index (χ0n) is 8.71. The van der Waals surface area contributed by atoms with Gasteiger partial charge in [0.2, 0.25) is 0 Å². The van der Waals surface area contributed by atoms with E-state index in [4.69, 9.17) is 17.3 Å². The molecule has 1 unspecified atom stereocenters. The average Bonchev–Trinajstić information content (AvgIpc) is 2.69. The molecule has 1 nitrogen and oxygen atoms in total. The maximum atomic E-state index is 5.91. The van der Waals surface area contributed by atoms with Gasteiger partial charge in [-0.3, -0.25) is 0 Å². The molecule has 15 heavy (non-hydrogen) atoms. The van der Waals surface area contributed by atoms with E-state index in [2.05, 4.69) is 12.1 Å². The van der Waals surface area contributed by atoms with Gasteiger partial charge in [-0.1, -0.05) is 23.7 Å². The fourth-order valence-corrected chi connectivity index (χ4v) is 3.91. The van der Waals surface area contributed by atoms with Crippen molar-refractivity contribution in [3.05, 3.63) is 34.9 Å². The van der Waals surface area contributed by atoms with E-state index in [1.807, 2.05) is 23.9 Å². The number of rotatable bonds is 3. The van der Waals surface area contributed by atoms with Gasteiger partial charge in [-0.2, -0.15) is 11.8 Å². The Labute approximate surface area is 100 Å². The van der Waals surface area contributed by atoms with Gasteiger partial charge in [-0.15, -0.1) is 0 Å². The van der Waals surface area contributed by atoms with Crippen molar-refractivity contribution in [3.8, 4) is 0 Å². The third-order valence-corrected chi connectivity index (χ3v) is 4.68. The highest BCUT2D eigenvalue weighted by Crippen LogP contribution is 2.41. The Morgan fingerprint density at radius 1 is 1.33 bits per heavy atom. The molecular weight excluding hydrogens is 226 g/mol. The zero-order chi connectivity index (χ0) is 10.7. The molecule has 2 rings (SSSR count). The van der Waals surface area contributed by atoms with Gasteiger partial charge in [-0.25, -0.2) is 0 Å². The van der Waals surface area contributed by atoms with Crippen LogP contribution in [0.15, 0.2) is 24.3 Å². The molecule has 1 heterocycles. The molecular formula is C12H16ClNS. The lowest BCUT2D eigenvalue weighted by Crippen LogP contribution is -2.28. The van der Waals surface area contributed by atoms with Crippen molar-refractivity contribution in [2.24, 2.45) is 5.73 Å². The van der Waals surface area contributed by atoms with Crippen LogP contribution in [0, 0.1) is 0 Å². The monoisotopic (exact) mass is 241 g/mol. The Bertz CT molecular complexity index is 317. The van der Waals surface area contributed by atoms with E-state index < -0.39 is 0 Å². The first-order valence-electron chi connectivity index (χ1n) is 5.31. The summed E-state index contributed by atoms with van der Waals surface area (Å²) < 4.78 is 0. The first-order chi connectivity index (χ1) is 7.27. The predicted molar refractivity (Wildman–Crippen MR) is 68.7 cm³/mol. The van der Waals surface area contributed by atoms with Crippen molar-refractivity contribution in [1.29, 1.82) is 0 Å². The van der Waals surface area contributed by atoms with Crippen LogP contribution >= 0.6 is 23.4 Å². The van der Waals surface area contributed by atoms with Crippen molar-refractivity contribution in [2.75, 3.05) is 18.1 Å². The number of benzene rings is 1. The maximum Gasteiger partial charge on any atom is 0.0406 e. The second-order valence-corrected chi connectivity index (χ2v) is 5.67. The standard InChI is InChI=1S/C12H16ClNS/c13-11-3-1-10(2-4-11)12(5-7-14)6-8-15-9-12/h1-4H,5-9,14H2. The quantitative estimate of drug-likeness (QED) is 0.880. The molecule has 82 valence electrons. The van der Waals surface area contributed by atoms with Crippen LogP contribution in [0.4, 0.5) is 0 Å². The molecule has 1 saturated heterocycles. The summed E-state index contributed by atoms with van der Waals surface area (Å²) in [5.74, 6) is 2.45. The topological polar surface area (TPSA) is 26.0 Å². The van der Waals surface area contributed by atoms with Gasteiger partial charge in [0.15, 0.2) is 0 Å². The fraction of sp³-hybridized carbons (Fsp3) is 0.500. The van der Waals surface area contributed by atoms with Gasteiger partial charge in [0.25, 0.3) is 0 Å². The molecule has 1 fully saturated rings. The highest BCUT2D eigenvalue weighted by atomic mass is 35.5. The minimum atomic E-state index is 0.310. The first kappa shape index (κ1) is 11.3. The Morgan fingerprint density at radius 3 is 2.60 bits per heavy atom.